The van der Waals surface area contributed by atoms with Crippen molar-refractivity contribution in [1.29, 1.82) is 0 Å². The highest BCUT2D eigenvalue weighted by atomic mass is 35.5. The third-order valence-corrected chi connectivity index (χ3v) is 3.99. The molecule has 0 bridgehead atoms. The minimum absolute atomic E-state index is 0.0312. The standard InChI is InChI=1S/C19H19Cl2NO4/c1-12-4-3-5-15(10-12)25-9-8-18(23)26-13(2)19(24)22-17-11-14(20)6-7-16(17)21/h3-7,10-11,13H,8-9H2,1-2H3,(H,22,24)/t13-/m1/s1. The Morgan fingerprint density at radius 3 is 2.65 bits per heavy atom. The van der Waals surface area contributed by atoms with E-state index in [1.54, 1.807) is 12.1 Å². The maximum absolute atomic E-state index is 12.1. The predicted molar refractivity (Wildman–Crippen MR) is 102 cm³/mol. The van der Waals surface area contributed by atoms with Gasteiger partial charge < -0.3 is 14.8 Å². The number of benzene rings is 2. The van der Waals surface area contributed by atoms with Gasteiger partial charge in [0.15, 0.2) is 6.10 Å². The summed E-state index contributed by atoms with van der Waals surface area (Å²) in [6, 6.07) is 12.2. The summed E-state index contributed by atoms with van der Waals surface area (Å²) in [5.74, 6) is -0.348. The smallest absolute Gasteiger partial charge is 0.310 e. The molecule has 2 rings (SSSR count). The molecule has 0 aliphatic heterocycles. The molecule has 0 spiro atoms. The average Bonchev–Trinajstić information content (AvgIpc) is 2.58. The van der Waals surface area contributed by atoms with Crippen molar-refractivity contribution >= 4 is 40.8 Å². The molecule has 7 heteroatoms. The summed E-state index contributed by atoms with van der Waals surface area (Å²) in [5, 5.41) is 3.35. The number of carbonyl (C=O) groups excluding carboxylic acids is 2. The number of halogens is 2. The van der Waals surface area contributed by atoms with Crippen LogP contribution in [0.4, 0.5) is 5.69 Å². The Morgan fingerprint density at radius 1 is 1.15 bits per heavy atom. The van der Waals surface area contributed by atoms with Gasteiger partial charge in [-0.25, -0.2) is 0 Å². The van der Waals surface area contributed by atoms with Crippen LogP contribution in [0.2, 0.25) is 10.0 Å². The molecule has 0 aromatic heterocycles. The van der Waals surface area contributed by atoms with Crippen molar-refractivity contribution in [1.82, 2.24) is 0 Å². The molecule has 0 aliphatic carbocycles. The lowest BCUT2D eigenvalue weighted by molar-refractivity contribution is -0.153. The third-order valence-electron chi connectivity index (χ3n) is 3.43. The van der Waals surface area contributed by atoms with Gasteiger partial charge in [0.1, 0.15) is 5.75 Å². The van der Waals surface area contributed by atoms with Crippen molar-refractivity contribution in [3.63, 3.8) is 0 Å². The quantitative estimate of drug-likeness (QED) is 0.693. The molecule has 0 fully saturated rings. The van der Waals surface area contributed by atoms with Crippen LogP contribution >= 0.6 is 23.2 Å². The van der Waals surface area contributed by atoms with Gasteiger partial charge in [0.25, 0.3) is 5.91 Å². The van der Waals surface area contributed by atoms with Crippen molar-refractivity contribution in [2.75, 3.05) is 11.9 Å². The molecule has 0 saturated carbocycles. The van der Waals surface area contributed by atoms with Gasteiger partial charge in [0, 0.05) is 5.02 Å². The summed E-state index contributed by atoms with van der Waals surface area (Å²) in [4.78, 5) is 24.0. The number of amides is 1. The van der Waals surface area contributed by atoms with Crippen molar-refractivity contribution in [2.45, 2.75) is 26.4 Å². The van der Waals surface area contributed by atoms with E-state index in [4.69, 9.17) is 32.7 Å². The molecule has 1 atom stereocenters. The molecule has 0 saturated heterocycles. The van der Waals surface area contributed by atoms with E-state index in [-0.39, 0.29) is 13.0 Å². The number of carbonyl (C=O) groups is 2. The highest BCUT2D eigenvalue weighted by molar-refractivity contribution is 6.35. The molecule has 0 unspecified atom stereocenters. The SMILES string of the molecule is Cc1cccc(OCCC(=O)O[C@H](C)C(=O)Nc2cc(Cl)ccc2Cl)c1. The Morgan fingerprint density at radius 2 is 1.92 bits per heavy atom. The molecule has 26 heavy (non-hydrogen) atoms. The molecule has 0 heterocycles. The Kier molecular flexibility index (Phi) is 7.30. The maximum atomic E-state index is 12.1. The highest BCUT2D eigenvalue weighted by Crippen LogP contribution is 2.25. The number of ether oxygens (including phenoxy) is 2. The van der Waals surface area contributed by atoms with E-state index in [1.807, 2.05) is 31.2 Å². The van der Waals surface area contributed by atoms with Gasteiger partial charge in [-0.05, 0) is 49.7 Å². The first-order valence-electron chi connectivity index (χ1n) is 8.00. The zero-order chi connectivity index (χ0) is 19.1. The zero-order valence-corrected chi connectivity index (χ0v) is 15.9. The number of nitrogens with one attached hydrogen (secondary N) is 1. The van der Waals surface area contributed by atoms with Crippen LogP contribution in [-0.2, 0) is 14.3 Å². The van der Waals surface area contributed by atoms with Crippen LogP contribution in [0.5, 0.6) is 5.75 Å². The molecule has 5 nitrogen and oxygen atoms in total. The second-order valence-corrected chi connectivity index (χ2v) is 6.50. The van der Waals surface area contributed by atoms with Crippen molar-refractivity contribution in [3.05, 3.63) is 58.1 Å². The van der Waals surface area contributed by atoms with Crippen molar-refractivity contribution < 1.29 is 19.1 Å². The fourth-order valence-corrected chi connectivity index (χ4v) is 2.43. The van der Waals surface area contributed by atoms with Crippen LogP contribution in [0.25, 0.3) is 0 Å². The maximum Gasteiger partial charge on any atom is 0.310 e. The predicted octanol–water partition coefficient (Wildman–Crippen LogP) is 4.64. The molecule has 0 radical (unpaired) electrons. The molecular weight excluding hydrogens is 377 g/mol. The van der Waals surface area contributed by atoms with E-state index in [9.17, 15) is 9.59 Å². The number of rotatable bonds is 7. The van der Waals surface area contributed by atoms with Gasteiger partial charge in [-0.1, -0.05) is 35.3 Å². The molecule has 2 aromatic carbocycles. The van der Waals surface area contributed by atoms with Gasteiger partial charge in [-0.15, -0.1) is 0 Å². The molecule has 0 aliphatic rings. The minimum atomic E-state index is -0.975. The summed E-state index contributed by atoms with van der Waals surface area (Å²) < 4.78 is 10.6. The summed E-state index contributed by atoms with van der Waals surface area (Å²) in [7, 11) is 0. The first-order chi connectivity index (χ1) is 12.3. The molecule has 1 amide bonds. The number of hydrogen-bond donors (Lipinski definition) is 1. The Bertz CT molecular complexity index is 795. The fraction of sp³-hybridized carbons (Fsp3) is 0.263. The second kappa shape index (κ2) is 9.46. The summed E-state index contributed by atoms with van der Waals surface area (Å²) in [5.41, 5.74) is 1.42. The van der Waals surface area contributed by atoms with E-state index >= 15 is 0 Å². The number of hydrogen-bond acceptors (Lipinski definition) is 4. The van der Waals surface area contributed by atoms with Gasteiger partial charge in [-0.3, -0.25) is 9.59 Å². The summed E-state index contributed by atoms with van der Waals surface area (Å²) >= 11 is 11.9. The van der Waals surface area contributed by atoms with Crippen LogP contribution < -0.4 is 10.1 Å². The van der Waals surface area contributed by atoms with Crippen LogP contribution in [0, 0.1) is 6.92 Å². The molecule has 138 valence electrons. The summed E-state index contributed by atoms with van der Waals surface area (Å²) in [6.45, 7) is 3.59. The lowest BCUT2D eigenvalue weighted by Crippen LogP contribution is -2.30. The topological polar surface area (TPSA) is 64.6 Å². The number of esters is 1. The Labute approximate surface area is 162 Å². The first-order valence-corrected chi connectivity index (χ1v) is 8.75. The van der Waals surface area contributed by atoms with Crippen LogP contribution in [-0.4, -0.2) is 24.6 Å². The van der Waals surface area contributed by atoms with E-state index in [0.29, 0.717) is 21.5 Å². The van der Waals surface area contributed by atoms with Crippen molar-refractivity contribution in [2.24, 2.45) is 0 Å². The highest BCUT2D eigenvalue weighted by Gasteiger charge is 2.19. The van der Waals surface area contributed by atoms with E-state index in [1.165, 1.54) is 13.0 Å². The van der Waals surface area contributed by atoms with Crippen LogP contribution in [0.15, 0.2) is 42.5 Å². The zero-order valence-electron chi connectivity index (χ0n) is 14.4. The number of anilines is 1. The van der Waals surface area contributed by atoms with Gasteiger partial charge in [0.05, 0.1) is 23.7 Å². The minimum Gasteiger partial charge on any atom is -0.493 e. The van der Waals surface area contributed by atoms with Gasteiger partial charge in [0.2, 0.25) is 0 Å². The largest absolute Gasteiger partial charge is 0.493 e. The van der Waals surface area contributed by atoms with E-state index in [2.05, 4.69) is 5.32 Å². The lowest BCUT2D eigenvalue weighted by atomic mass is 10.2. The molecule has 2 aromatic rings. The van der Waals surface area contributed by atoms with Gasteiger partial charge in [-0.2, -0.15) is 0 Å². The first kappa shape index (κ1) is 20.1. The Hall–Kier alpha value is -2.24. The van der Waals surface area contributed by atoms with Crippen LogP contribution in [0.3, 0.4) is 0 Å². The normalized spacial score (nSPS) is 11.5. The van der Waals surface area contributed by atoms with Gasteiger partial charge >= 0.3 is 5.97 Å². The Balaban J connectivity index is 1.78. The van der Waals surface area contributed by atoms with Crippen molar-refractivity contribution in [3.8, 4) is 5.75 Å². The van der Waals surface area contributed by atoms with Crippen LogP contribution in [0.1, 0.15) is 18.9 Å². The fourth-order valence-electron chi connectivity index (χ4n) is 2.09. The average molecular weight is 396 g/mol. The molecular formula is C19H19Cl2NO4. The monoisotopic (exact) mass is 395 g/mol. The van der Waals surface area contributed by atoms with E-state index < -0.39 is 18.0 Å². The second-order valence-electron chi connectivity index (χ2n) is 5.66. The van der Waals surface area contributed by atoms with E-state index in [0.717, 1.165) is 5.56 Å². The molecule has 1 N–H and O–H groups in total. The lowest BCUT2D eigenvalue weighted by Gasteiger charge is -2.14. The third kappa shape index (κ3) is 6.24. The summed E-state index contributed by atoms with van der Waals surface area (Å²) in [6.07, 6.45) is -0.944. The number of aryl methyl sites for hydroxylation is 1.